The summed E-state index contributed by atoms with van der Waals surface area (Å²) in [6.07, 6.45) is 5.05. The van der Waals surface area contributed by atoms with Crippen molar-refractivity contribution in [3.63, 3.8) is 0 Å². The van der Waals surface area contributed by atoms with Crippen molar-refractivity contribution in [2.75, 3.05) is 0 Å². The number of carboxylic acids is 1. The average Bonchev–Trinajstić information content (AvgIpc) is 3.12. The lowest BCUT2D eigenvalue weighted by molar-refractivity contribution is -0.143. The second-order valence-electron chi connectivity index (χ2n) is 6.70. The normalized spacial score (nSPS) is 24.3. The summed E-state index contributed by atoms with van der Waals surface area (Å²) in [5.41, 5.74) is 2.11. The molecule has 6 heteroatoms. The number of hydrogen-bond donors (Lipinski definition) is 3. The van der Waals surface area contributed by atoms with E-state index in [4.69, 9.17) is 0 Å². The lowest BCUT2D eigenvalue weighted by Crippen LogP contribution is -2.49. The molecule has 3 N–H and O–H groups in total. The predicted molar refractivity (Wildman–Crippen MR) is 89.5 cm³/mol. The molecular formula is C18H21N3O3. The monoisotopic (exact) mass is 327 g/mol. The van der Waals surface area contributed by atoms with Crippen molar-refractivity contribution < 1.29 is 14.7 Å². The minimum absolute atomic E-state index is 0.0572. The summed E-state index contributed by atoms with van der Waals surface area (Å²) >= 11 is 0. The van der Waals surface area contributed by atoms with Crippen LogP contribution in [-0.2, 0) is 16.1 Å². The number of benzene rings is 1. The van der Waals surface area contributed by atoms with Gasteiger partial charge >= 0.3 is 5.97 Å². The first-order chi connectivity index (χ1) is 11.6. The van der Waals surface area contributed by atoms with Crippen molar-refractivity contribution in [2.45, 2.75) is 50.4 Å². The molecule has 1 aromatic carbocycles. The maximum atomic E-state index is 12.7. The Morgan fingerprint density at radius 1 is 1.17 bits per heavy atom. The molecule has 1 saturated heterocycles. The van der Waals surface area contributed by atoms with Crippen LogP contribution in [-0.4, -0.2) is 45.0 Å². The summed E-state index contributed by atoms with van der Waals surface area (Å²) in [7, 11) is 0. The fourth-order valence-electron chi connectivity index (χ4n) is 3.84. The van der Waals surface area contributed by atoms with Gasteiger partial charge < -0.3 is 15.4 Å². The molecule has 24 heavy (non-hydrogen) atoms. The van der Waals surface area contributed by atoms with Crippen LogP contribution in [0.5, 0.6) is 0 Å². The standard InChI is InChI=1S/C18H21N3O3/c22-17(15-6-7-16(18(23)24)21(15)12-4-5-12)20-10-11-2-1-3-14-13(11)8-9-19-14/h1-3,8-9,12,15-16,19H,4-7,10H2,(H,20,22)(H,23,24). The highest BCUT2D eigenvalue weighted by Crippen LogP contribution is 2.37. The van der Waals surface area contributed by atoms with E-state index in [1.807, 2.05) is 35.4 Å². The van der Waals surface area contributed by atoms with E-state index in [0.717, 1.165) is 29.3 Å². The van der Waals surface area contributed by atoms with Crippen LogP contribution in [0.3, 0.4) is 0 Å². The zero-order valence-corrected chi connectivity index (χ0v) is 13.4. The second kappa shape index (κ2) is 5.94. The van der Waals surface area contributed by atoms with E-state index >= 15 is 0 Å². The first kappa shape index (κ1) is 15.2. The molecule has 1 aliphatic heterocycles. The van der Waals surface area contributed by atoms with Gasteiger partial charge in [-0.25, -0.2) is 0 Å². The van der Waals surface area contributed by atoms with Gasteiger partial charge in [0.15, 0.2) is 0 Å². The number of aromatic amines is 1. The summed E-state index contributed by atoms with van der Waals surface area (Å²) in [5, 5.41) is 13.5. The van der Waals surface area contributed by atoms with Gasteiger partial charge in [-0.15, -0.1) is 0 Å². The molecule has 126 valence electrons. The first-order valence-electron chi connectivity index (χ1n) is 8.48. The van der Waals surface area contributed by atoms with Gasteiger partial charge in [-0.2, -0.15) is 0 Å². The number of aliphatic carboxylic acids is 1. The molecule has 2 fully saturated rings. The largest absolute Gasteiger partial charge is 0.480 e. The third-order valence-corrected chi connectivity index (χ3v) is 5.13. The number of carbonyl (C=O) groups is 2. The van der Waals surface area contributed by atoms with Gasteiger partial charge in [0.2, 0.25) is 5.91 Å². The Labute approximate surface area is 139 Å². The molecule has 6 nitrogen and oxygen atoms in total. The van der Waals surface area contributed by atoms with Crippen LogP contribution >= 0.6 is 0 Å². The van der Waals surface area contributed by atoms with Gasteiger partial charge in [-0.3, -0.25) is 14.5 Å². The van der Waals surface area contributed by atoms with Gasteiger partial charge in [0.1, 0.15) is 6.04 Å². The van der Waals surface area contributed by atoms with E-state index in [2.05, 4.69) is 10.3 Å². The van der Waals surface area contributed by atoms with Crippen LogP contribution in [0.4, 0.5) is 0 Å². The molecule has 2 aromatic rings. The van der Waals surface area contributed by atoms with Crippen molar-refractivity contribution in [3.05, 3.63) is 36.0 Å². The lowest BCUT2D eigenvalue weighted by atomic mass is 10.1. The predicted octanol–water partition coefficient (Wildman–Crippen LogP) is 1.86. The SMILES string of the molecule is O=C(O)C1CCC(C(=O)NCc2cccc3[nH]ccc23)N1C1CC1. The second-order valence-corrected chi connectivity index (χ2v) is 6.70. The smallest absolute Gasteiger partial charge is 0.320 e. The Morgan fingerprint density at radius 3 is 2.71 bits per heavy atom. The van der Waals surface area contributed by atoms with Crippen LogP contribution in [0.15, 0.2) is 30.5 Å². The number of carboxylic acid groups (broad SMARTS) is 1. The summed E-state index contributed by atoms with van der Waals surface area (Å²) in [5.74, 6) is -0.868. The zero-order chi connectivity index (χ0) is 16.7. The molecule has 0 bridgehead atoms. The summed E-state index contributed by atoms with van der Waals surface area (Å²) < 4.78 is 0. The Balaban J connectivity index is 1.46. The number of nitrogens with zero attached hydrogens (tertiary/aromatic N) is 1. The van der Waals surface area contributed by atoms with E-state index in [1.54, 1.807) is 0 Å². The summed E-state index contributed by atoms with van der Waals surface area (Å²) in [6.45, 7) is 0.459. The van der Waals surface area contributed by atoms with Crippen LogP contribution < -0.4 is 5.32 Å². The molecule has 1 aliphatic carbocycles. The van der Waals surface area contributed by atoms with Gasteiger partial charge in [0.05, 0.1) is 6.04 Å². The third kappa shape index (κ3) is 2.67. The van der Waals surface area contributed by atoms with Crippen molar-refractivity contribution in [3.8, 4) is 0 Å². The van der Waals surface area contributed by atoms with Crippen LogP contribution in [0.25, 0.3) is 10.9 Å². The molecule has 2 aliphatic rings. The molecular weight excluding hydrogens is 306 g/mol. The number of H-pyrrole nitrogens is 1. The Morgan fingerprint density at radius 2 is 1.96 bits per heavy atom. The number of fused-ring (bicyclic) bond motifs is 1. The number of nitrogens with one attached hydrogen (secondary N) is 2. The average molecular weight is 327 g/mol. The molecule has 1 amide bonds. The van der Waals surface area contributed by atoms with E-state index in [0.29, 0.717) is 19.4 Å². The number of carbonyl (C=O) groups excluding carboxylic acids is 1. The highest BCUT2D eigenvalue weighted by Gasteiger charge is 2.48. The molecule has 0 spiro atoms. The number of amides is 1. The van der Waals surface area contributed by atoms with Gasteiger partial charge in [-0.1, -0.05) is 12.1 Å². The van der Waals surface area contributed by atoms with E-state index in [-0.39, 0.29) is 18.0 Å². The maximum absolute atomic E-state index is 12.7. The van der Waals surface area contributed by atoms with Crippen LogP contribution in [0.2, 0.25) is 0 Å². The van der Waals surface area contributed by atoms with Crippen molar-refractivity contribution >= 4 is 22.8 Å². The molecule has 0 radical (unpaired) electrons. The fraction of sp³-hybridized carbons (Fsp3) is 0.444. The van der Waals surface area contributed by atoms with Gasteiger partial charge in [0, 0.05) is 29.7 Å². The zero-order valence-electron chi connectivity index (χ0n) is 13.4. The van der Waals surface area contributed by atoms with Crippen molar-refractivity contribution in [1.29, 1.82) is 0 Å². The topological polar surface area (TPSA) is 85.4 Å². The third-order valence-electron chi connectivity index (χ3n) is 5.13. The van der Waals surface area contributed by atoms with Crippen LogP contribution in [0.1, 0.15) is 31.2 Å². The highest BCUT2D eigenvalue weighted by molar-refractivity contribution is 5.86. The van der Waals surface area contributed by atoms with E-state index < -0.39 is 12.0 Å². The number of likely N-dealkylation sites (tertiary alicyclic amines) is 1. The first-order valence-corrected chi connectivity index (χ1v) is 8.48. The summed E-state index contributed by atoms with van der Waals surface area (Å²) in [4.78, 5) is 29.2. The minimum atomic E-state index is -0.811. The quantitative estimate of drug-likeness (QED) is 0.782. The maximum Gasteiger partial charge on any atom is 0.320 e. The fourth-order valence-corrected chi connectivity index (χ4v) is 3.84. The van der Waals surface area contributed by atoms with Crippen molar-refractivity contribution in [2.24, 2.45) is 0 Å². The molecule has 2 heterocycles. The Bertz CT molecular complexity index is 781. The lowest BCUT2D eigenvalue weighted by Gasteiger charge is -2.27. The summed E-state index contributed by atoms with van der Waals surface area (Å²) in [6, 6.07) is 7.41. The number of rotatable bonds is 5. The molecule has 1 aromatic heterocycles. The Hall–Kier alpha value is -2.34. The van der Waals surface area contributed by atoms with E-state index in [1.165, 1.54) is 0 Å². The molecule has 1 saturated carbocycles. The van der Waals surface area contributed by atoms with Crippen LogP contribution in [0, 0.1) is 0 Å². The minimum Gasteiger partial charge on any atom is -0.480 e. The van der Waals surface area contributed by atoms with Crippen molar-refractivity contribution in [1.82, 2.24) is 15.2 Å². The van der Waals surface area contributed by atoms with Gasteiger partial charge in [0.25, 0.3) is 0 Å². The van der Waals surface area contributed by atoms with E-state index in [9.17, 15) is 14.7 Å². The molecule has 2 atom stereocenters. The van der Waals surface area contributed by atoms with Gasteiger partial charge in [-0.05, 0) is 43.4 Å². The molecule has 4 rings (SSSR count). The number of aromatic nitrogens is 1. The Kier molecular flexibility index (Phi) is 3.76. The highest BCUT2D eigenvalue weighted by atomic mass is 16.4. The molecule has 2 unspecified atom stereocenters. The number of hydrogen-bond acceptors (Lipinski definition) is 3.